The van der Waals surface area contributed by atoms with Crippen LogP contribution < -0.4 is 11.4 Å². The van der Waals surface area contributed by atoms with Crippen LogP contribution in [0.2, 0.25) is 0 Å². The molecule has 0 saturated heterocycles. The number of aromatic nitrogens is 2. The molecule has 0 unspecified atom stereocenters. The van der Waals surface area contributed by atoms with E-state index in [-0.39, 0.29) is 0 Å². The van der Waals surface area contributed by atoms with Crippen LogP contribution in [0.4, 0.5) is 19.0 Å². The number of nitrogen functional groups attached to an aromatic ring is 1. The molecule has 0 atom stereocenters. The van der Waals surface area contributed by atoms with Crippen molar-refractivity contribution in [2.24, 2.45) is 0 Å². The molecule has 0 bridgehead atoms. The van der Waals surface area contributed by atoms with Crippen molar-refractivity contribution < 1.29 is 13.2 Å². The van der Waals surface area contributed by atoms with Gasteiger partial charge < -0.3 is 10.7 Å². The first kappa shape index (κ1) is 8.57. The maximum atomic E-state index is 11.9. The van der Waals surface area contributed by atoms with Gasteiger partial charge in [-0.2, -0.15) is 18.2 Å². The summed E-state index contributed by atoms with van der Waals surface area (Å²) in [6, 6.07) is 0. The van der Waals surface area contributed by atoms with Crippen LogP contribution in [0.15, 0.2) is 11.0 Å². The zero-order valence-electron chi connectivity index (χ0n) is 5.64. The summed E-state index contributed by atoms with van der Waals surface area (Å²) >= 11 is 0. The average molecular weight is 179 g/mol. The highest BCUT2D eigenvalue weighted by atomic mass is 19.4. The van der Waals surface area contributed by atoms with Gasteiger partial charge in [0.25, 0.3) is 0 Å². The Labute approximate surface area is 64.2 Å². The van der Waals surface area contributed by atoms with E-state index in [1.807, 2.05) is 0 Å². The summed E-state index contributed by atoms with van der Waals surface area (Å²) in [7, 11) is 0. The van der Waals surface area contributed by atoms with E-state index in [9.17, 15) is 18.0 Å². The molecule has 7 heteroatoms. The summed E-state index contributed by atoms with van der Waals surface area (Å²) in [6.45, 7) is 0. The van der Waals surface area contributed by atoms with E-state index in [4.69, 9.17) is 5.73 Å². The molecule has 4 nitrogen and oxygen atoms in total. The zero-order valence-corrected chi connectivity index (χ0v) is 5.64. The molecule has 12 heavy (non-hydrogen) atoms. The van der Waals surface area contributed by atoms with Crippen molar-refractivity contribution in [2.45, 2.75) is 6.18 Å². The van der Waals surface area contributed by atoms with Crippen LogP contribution in [0.5, 0.6) is 0 Å². The molecule has 0 aromatic carbocycles. The lowest BCUT2D eigenvalue weighted by molar-refractivity contribution is -0.137. The van der Waals surface area contributed by atoms with Gasteiger partial charge in [0.15, 0.2) is 0 Å². The molecule has 1 aromatic rings. The molecule has 1 heterocycles. The predicted molar refractivity (Wildman–Crippen MR) is 34.3 cm³/mol. The largest absolute Gasteiger partial charge is 0.421 e. The van der Waals surface area contributed by atoms with E-state index in [2.05, 4.69) is 4.98 Å². The van der Waals surface area contributed by atoms with Gasteiger partial charge in [-0.15, -0.1) is 0 Å². The van der Waals surface area contributed by atoms with Gasteiger partial charge in [-0.25, -0.2) is 4.79 Å². The molecule has 0 amide bonds. The Morgan fingerprint density at radius 1 is 1.50 bits per heavy atom. The van der Waals surface area contributed by atoms with Crippen LogP contribution in [0.3, 0.4) is 0 Å². The van der Waals surface area contributed by atoms with Crippen molar-refractivity contribution in [3.63, 3.8) is 0 Å². The Morgan fingerprint density at radius 3 is 2.50 bits per heavy atom. The van der Waals surface area contributed by atoms with E-state index >= 15 is 0 Å². The van der Waals surface area contributed by atoms with E-state index < -0.39 is 23.2 Å². The lowest BCUT2D eigenvalue weighted by Gasteiger charge is -2.06. The lowest BCUT2D eigenvalue weighted by atomic mass is 10.3. The SMILES string of the molecule is Nc1nc(=O)[nH]cc1C(F)(F)F. The van der Waals surface area contributed by atoms with Crippen molar-refractivity contribution in [3.05, 3.63) is 22.2 Å². The Hall–Kier alpha value is -1.53. The maximum Gasteiger partial charge on any atom is 0.421 e. The number of anilines is 1. The number of alkyl halides is 3. The Bertz CT molecular complexity index is 343. The number of nitrogens with two attached hydrogens (primary N) is 1. The summed E-state index contributed by atoms with van der Waals surface area (Å²) in [5.41, 5.74) is 2.82. The van der Waals surface area contributed by atoms with Crippen LogP contribution in [-0.2, 0) is 6.18 Å². The lowest BCUT2D eigenvalue weighted by Crippen LogP contribution is -2.18. The third kappa shape index (κ3) is 1.55. The smallest absolute Gasteiger partial charge is 0.383 e. The van der Waals surface area contributed by atoms with E-state index in [0.717, 1.165) is 0 Å². The molecular formula is C5H4F3N3O. The first-order chi connectivity index (χ1) is 5.41. The van der Waals surface area contributed by atoms with Gasteiger partial charge in [0.05, 0.1) is 0 Å². The number of H-pyrrole nitrogens is 1. The number of nitrogens with zero attached hydrogens (tertiary/aromatic N) is 1. The minimum Gasteiger partial charge on any atom is -0.383 e. The fraction of sp³-hybridized carbons (Fsp3) is 0.200. The molecule has 1 rings (SSSR count). The molecule has 1 aromatic heterocycles. The highest BCUT2D eigenvalue weighted by Crippen LogP contribution is 2.30. The van der Waals surface area contributed by atoms with Gasteiger partial charge >= 0.3 is 11.9 Å². The second-order valence-corrected chi connectivity index (χ2v) is 2.00. The van der Waals surface area contributed by atoms with Crippen molar-refractivity contribution in [3.8, 4) is 0 Å². The van der Waals surface area contributed by atoms with Gasteiger partial charge in [-0.05, 0) is 0 Å². The van der Waals surface area contributed by atoms with E-state index in [1.54, 1.807) is 4.98 Å². The molecule has 0 aliphatic heterocycles. The molecule has 3 N–H and O–H groups in total. The molecule has 0 aliphatic carbocycles. The first-order valence-electron chi connectivity index (χ1n) is 2.83. The van der Waals surface area contributed by atoms with E-state index in [0.29, 0.717) is 6.20 Å². The minimum absolute atomic E-state index is 0.491. The zero-order chi connectivity index (χ0) is 9.35. The fourth-order valence-electron chi connectivity index (χ4n) is 0.637. The first-order valence-corrected chi connectivity index (χ1v) is 2.83. The second-order valence-electron chi connectivity index (χ2n) is 2.00. The van der Waals surface area contributed by atoms with Gasteiger partial charge in [-0.1, -0.05) is 0 Å². The molecule has 0 radical (unpaired) electrons. The topological polar surface area (TPSA) is 71.8 Å². The molecule has 66 valence electrons. The fourth-order valence-corrected chi connectivity index (χ4v) is 0.637. The maximum absolute atomic E-state index is 11.9. The molecule has 0 saturated carbocycles. The number of hydrogen-bond donors (Lipinski definition) is 2. The van der Waals surface area contributed by atoms with Crippen molar-refractivity contribution in [2.75, 3.05) is 5.73 Å². The standard InChI is InChI=1S/C5H4F3N3O/c6-5(7,8)2-1-10-4(12)11-3(2)9/h1H,(H3,9,10,11,12). The minimum atomic E-state index is -4.58. The van der Waals surface area contributed by atoms with Gasteiger partial charge in [0.1, 0.15) is 11.4 Å². The van der Waals surface area contributed by atoms with Crippen molar-refractivity contribution >= 4 is 5.82 Å². The monoisotopic (exact) mass is 179 g/mol. The van der Waals surface area contributed by atoms with Crippen LogP contribution in [0, 0.1) is 0 Å². The quantitative estimate of drug-likeness (QED) is 0.604. The number of nitrogens with one attached hydrogen (secondary N) is 1. The third-order valence-electron chi connectivity index (χ3n) is 1.14. The highest BCUT2D eigenvalue weighted by molar-refractivity contribution is 5.38. The predicted octanol–water partition coefficient (Wildman–Crippen LogP) is 0.371. The summed E-state index contributed by atoms with van der Waals surface area (Å²) in [4.78, 5) is 15.0. The number of halogens is 3. The van der Waals surface area contributed by atoms with Gasteiger partial charge in [0.2, 0.25) is 0 Å². The highest BCUT2D eigenvalue weighted by Gasteiger charge is 2.33. The Morgan fingerprint density at radius 2 is 2.08 bits per heavy atom. The average Bonchev–Trinajstić information content (AvgIpc) is 1.83. The summed E-state index contributed by atoms with van der Waals surface area (Å²) < 4.78 is 35.8. The second kappa shape index (κ2) is 2.50. The van der Waals surface area contributed by atoms with Crippen LogP contribution >= 0.6 is 0 Å². The number of hydrogen-bond acceptors (Lipinski definition) is 3. The van der Waals surface area contributed by atoms with E-state index in [1.165, 1.54) is 0 Å². The Balaban J connectivity index is 3.28. The van der Waals surface area contributed by atoms with Crippen molar-refractivity contribution in [1.82, 2.24) is 9.97 Å². The van der Waals surface area contributed by atoms with Crippen molar-refractivity contribution in [1.29, 1.82) is 0 Å². The number of rotatable bonds is 0. The molecule has 0 spiro atoms. The van der Waals surface area contributed by atoms with Gasteiger partial charge in [-0.3, -0.25) is 0 Å². The van der Waals surface area contributed by atoms with Crippen LogP contribution in [0.25, 0.3) is 0 Å². The van der Waals surface area contributed by atoms with Gasteiger partial charge in [0, 0.05) is 6.20 Å². The molecule has 0 fully saturated rings. The third-order valence-corrected chi connectivity index (χ3v) is 1.14. The van der Waals surface area contributed by atoms with Crippen LogP contribution in [-0.4, -0.2) is 9.97 Å². The normalized spacial score (nSPS) is 11.6. The Kier molecular flexibility index (Phi) is 1.79. The molecule has 0 aliphatic rings. The number of aromatic amines is 1. The summed E-state index contributed by atoms with van der Waals surface area (Å²) in [6.07, 6.45) is -4.09. The molecular weight excluding hydrogens is 175 g/mol. The summed E-state index contributed by atoms with van der Waals surface area (Å²) in [5, 5.41) is 0. The summed E-state index contributed by atoms with van der Waals surface area (Å²) in [5.74, 6) is -0.814. The van der Waals surface area contributed by atoms with Crippen LogP contribution in [0.1, 0.15) is 5.56 Å².